The maximum atomic E-state index is 12.9. The van der Waals surface area contributed by atoms with E-state index in [1.54, 1.807) is 0 Å². The van der Waals surface area contributed by atoms with Gasteiger partial charge in [-0.05, 0) is 49.9 Å². The van der Waals surface area contributed by atoms with E-state index in [0.717, 1.165) is 63.2 Å². The molecule has 0 radical (unpaired) electrons. The van der Waals surface area contributed by atoms with Gasteiger partial charge in [0.2, 0.25) is 0 Å². The molecule has 4 rings (SSSR count). The fourth-order valence-corrected chi connectivity index (χ4v) is 6.53. The number of ether oxygens (including phenoxy) is 1. The number of benzene rings is 1. The van der Waals surface area contributed by atoms with Gasteiger partial charge in [-0.2, -0.15) is 0 Å². The number of morpholine rings is 1. The minimum absolute atomic E-state index is 0.0623. The Morgan fingerprint density at radius 3 is 2.29 bits per heavy atom. The van der Waals surface area contributed by atoms with Crippen LogP contribution in [0.15, 0.2) is 24.3 Å². The number of nitrogens with zero attached hydrogens (tertiary/aromatic N) is 1. The van der Waals surface area contributed by atoms with Crippen LogP contribution in [-0.4, -0.2) is 46.8 Å². The van der Waals surface area contributed by atoms with E-state index < -0.39 is 10.8 Å². The van der Waals surface area contributed by atoms with Crippen LogP contribution < -0.4 is 4.90 Å². The number of hydrogen-bond donors (Lipinski definition) is 0. The SMILES string of the molecule is O=C(c1ccc(N2CCOCC2)cc1)C1CC2CCCC(C1)S2=O. The minimum Gasteiger partial charge on any atom is -0.378 e. The van der Waals surface area contributed by atoms with Crippen molar-refractivity contribution in [2.45, 2.75) is 42.6 Å². The van der Waals surface area contributed by atoms with Gasteiger partial charge >= 0.3 is 0 Å². The number of anilines is 1. The highest BCUT2D eigenvalue weighted by atomic mass is 32.2. The van der Waals surface area contributed by atoms with E-state index in [2.05, 4.69) is 17.0 Å². The summed E-state index contributed by atoms with van der Waals surface area (Å²) >= 11 is 0. The fourth-order valence-electron chi connectivity index (χ4n) is 4.34. The number of hydrogen-bond acceptors (Lipinski definition) is 4. The monoisotopic (exact) mass is 347 g/mol. The predicted molar refractivity (Wildman–Crippen MR) is 96.1 cm³/mol. The first-order chi connectivity index (χ1) is 11.7. The van der Waals surface area contributed by atoms with Crippen LogP contribution in [0.25, 0.3) is 0 Å². The highest BCUT2D eigenvalue weighted by Gasteiger charge is 2.40. The van der Waals surface area contributed by atoms with Crippen molar-refractivity contribution in [3.05, 3.63) is 29.8 Å². The molecule has 2 atom stereocenters. The third kappa shape index (κ3) is 3.16. The molecule has 2 bridgehead atoms. The van der Waals surface area contributed by atoms with Crippen molar-refractivity contribution in [1.29, 1.82) is 0 Å². The van der Waals surface area contributed by atoms with E-state index in [1.807, 2.05) is 12.1 Å². The Labute approximate surface area is 146 Å². The zero-order valence-electron chi connectivity index (χ0n) is 14.0. The van der Waals surface area contributed by atoms with Crippen LogP contribution in [0.5, 0.6) is 0 Å². The molecule has 5 heteroatoms. The van der Waals surface area contributed by atoms with Gasteiger partial charge in [0.05, 0.1) is 13.2 Å². The van der Waals surface area contributed by atoms with E-state index in [1.165, 1.54) is 6.42 Å². The smallest absolute Gasteiger partial charge is 0.166 e. The predicted octanol–water partition coefficient (Wildman–Crippen LogP) is 2.79. The van der Waals surface area contributed by atoms with Gasteiger partial charge in [-0.15, -0.1) is 0 Å². The molecule has 24 heavy (non-hydrogen) atoms. The van der Waals surface area contributed by atoms with Crippen molar-refractivity contribution >= 4 is 22.3 Å². The number of rotatable bonds is 3. The van der Waals surface area contributed by atoms with Gasteiger partial charge in [-0.1, -0.05) is 6.42 Å². The molecule has 1 aromatic rings. The van der Waals surface area contributed by atoms with Crippen LogP contribution >= 0.6 is 0 Å². The molecule has 3 saturated heterocycles. The Balaban J connectivity index is 1.45. The number of carbonyl (C=O) groups excluding carboxylic acids is 1. The number of carbonyl (C=O) groups is 1. The molecule has 4 nitrogen and oxygen atoms in total. The van der Waals surface area contributed by atoms with Gasteiger partial charge in [0.15, 0.2) is 5.78 Å². The van der Waals surface area contributed by atoms with Crippen molar-refractivity contribution < 1.29 is 13.7 Å². The summed E-state index contributed by atoms with van der Waals surface area (Å²) in [5.74, 6) is 0.310. The van der Waals surface area contributed by atoms with Crippen LogP contribution in [0.2, 0.25) is 0 Å². The zero-order valence-corrected chi connectivity index (χ0v) is 14.8. The topological polar surface area (TPSA) is 46.6 Å². The van der Waals surface area contributed by atoms with E-state index in [4.69, 9.17) is 4.74 Å². The normalized spacial score (nSPS) is 33.2. The van der Waals surface area contributed by atoms with E-state index >= 15 is 0 Å². The molecule has 0 amide bonds. The maximum Gasteiger partial charge on any atom is 0.166 e. The summed E-state index contributed by atoms with van der Waals surface area (Å²) in [5, 5.41) is 0.498. The molecule has 2 unspecified atom stereocenters. The van der Waals surface area contributed by atoms with E-state index in [-0.39, 0.29) is 22.2 Å². The summed E-state index contributed by atoms with van der Waals surface area (Å²) < 4.78 is 17.7. The Morgan fingerprint density at radius 2 is 1.67 bits per heavy atom. The van der Waals surface area contributed by atoms with Gasteiger partial charge in [0, 0.05) is 51.6 Å². The lowest BCUT2D eigenvalue weighted by Gasteiger charge is -2.37. The largest absolute Gasteiger partial charge is 0.378 e. The zero-order chi connectivity index (χ0) is 16.5. The molecular formula is C19H25NO3S. The molecule has 0 aromatic heterocycles. The molecule has 0 aliphatic carbocycles. The van der Waals surface area contributed by atoms with Gasteiger partial charge < -0.3 is 9.64 Å². The van der Waals surface area contributed by atoms with Crippen LogP contribution in [0.3, 0.4) is 0 Å². The summed E-state index contributed by atoms with van der Waals surface area (Å²) in [6.45, 7) is 3.35. The second kappa shape index (κ2) is 6.96. The third-order valence-corrected chi connectivity index (χ3v) is 7.87. The van der Waals surface area contributed by atoms with Crippen LogP contribution in [-0.2, 0) is 15.5 Å². The van der Waals surface area contributed by atoms with E-state index in [9.17, 15) is 9.00 Å². The molecule has 3 aliphatic heterocycles. The average molecular weight is 347 g/mol. The van der Waals surface area contributed by atoms with Crippen LogP contribution in [0, 0.1) is 5.92 Å². The molecule has 3 heterocycles. The summed E-state index contributed by atoms with van der Waals surface area (Å²) in [6.07, 6.45) is 4.86. The molecule has 1 aromatic carbocycles. The van der Waals surface area contributed by atoms with Gasteiger partial charge in [-0.3, -0.25) is 9.00 Å². The lowest BCUT2D eigenvalue weighted by Crippen LogP contribution is -2.41. The van der Waals surface area contributed by atoms with E-state index in [0.29, 0.717) is 0 Å². The molecule has 3 aliphatic rings. The van der Waals surface area contributed by atoms with Crippen molar-refractivity contribution in [2.24, 2.45) is 5.92 Å². The summed E-state index contributed by atoms with van der Waals surface area (Å²) in [4.78, 5) is 15.2. The molecule has 0 N–H and O–H groups in total. The molecular weight excluding hydrogens is 322 g/mol. The van der Waals surface area contributed by atoms with Crippen molar-refractivity contribution in [2.75, 3.05) is 31.2 Å². The molecule has 0 spiro atoms. The van der Waals surface area contributed by atoms with Gasteiger partial charge in [-0.25, -0.2) is 0 Å². The Kier molecular flexibility index (Phi) is 4.72. The summed E-state index contributed by atoms with van der Waals surface area (Å²) in [6, 6.07) is 8.05. The second-order valence-electron chi connectivity index (χ2n) is 7.18. The number of Topliss-reactive ketones (excluding diaryl/α,β-unsaturated/α-hetero) is 1. The first-order valence-electron chi connectivity index (χ1n) is 9.09. The first-order valence-corrected chi connectivity index (χ1v) is 10.4. The highest BCUT2D eigenvalue weighted by molar-refractivity contribution is 7.86. The second-order valence-corrected chi connectivity index (χ2v) is 9.17. The Morgan fingerprint density at radius 1 is 1.04 bits per heavy atom. The first kappa shape index (κ1) is 16.3. The minimum atomic E-state index is -0.707. The van der Waals surface area contributed by atoms with Gasteiger partial charge in [0.25, 0.3) is 0 Å². The third-order valence-electron chi connectivity index (χ3n) is 5.70. The molecule has 130 valence electrons. The van der Waals surface area contributed by atoms with Gasteiger partial charge in [0.1, 0.15) is 0 Å². The van der Waals surface area contributed by atoms with Crippen molar-refractivity contribution in [3.8, 4) is 0 Å². The lowest BCUT2D eigenvalue weighted by atomic mass is 9.84. The van der Waals surface area contributed by atoms with Crippen LogP contribution in [0.4, 0.5) is 5.69 Å². The number of ketones is 1. The maximum absolute atomic E-state index is 12.9. The quantitative estimate of drug-likeness (QED) is 0.789. The fraction of sp³-hybridized carbons (Fsp3) is 0.632. The highest BCUT2D eigenvalue weighted by Crippen LogP contribution is 2.38. The Bertz CT molecular complexity index is 608. The average Bonchev–Trinajstić information content (AvgIpc) is 2.62. The molecule has 3 fully saturated rings. The number of fused-ring (bicyclic) bond motifs is 2. The standard InChI is InChI=1S/C19H25NO3S/c21-19(15-12-17-2-1-3-18(13-15)24(17)22)14-4-6-16(7-5-14)20-8-10-23-11-9-20/h4-7,15,17-18H,1-3,8-13H2. The lowest BCUT2D eigenvalue weighted by molar-refractivity contribution is 0.0895. The van der Waals surface area contributed by atoms with Crippen molar-refractivity contribution in [3.63, 3.8) is 0 Å². The van der Waals surface area contributed by atoms with Crippen molar-refractivity contribution in [1.82, 2.24) is 0 Å². The Hall–Kier alpha value is -1.20. The summed E-state index contributed by atoms with van der Waals surface area (Å²) in [7, 11) is -0.707. The summed E-state index contributed by atoms with van der Waals surface area (Å²) in [5.41, 5.74) is 1.97. The molecule has 0 saturated carbocycles. The van der Waals surface area contributed by atoms with Crippen LogP contribution in [0.1, 0.15) is 42.5 Å².